The predicted molar refractivity (Wildman–Crippen MR) is 115 cm³/mol. The van der Waals surface area contributed by atoms with Gasteiger partial charge in [-0.05, 0) is 53.9 Å². The van der Waals surface area contributed by atoms with E-state index in [0.717, 1.165) is 27.7 Å². The van der Waals surface area contributed by atoms with Crippen molar-refractivity contribution in [3.63, 3.8) is 0 Å². The fourth-order valence-corrected chi connectivity index (χ4v) is 3.38. The van der Waals surface area contributed by atoms with Gasteiger partial charge in [0.1, 0.15) is 23.2 Å². The van der Waals surface area contributed by atoms with Gasteiger partial charge < -0.3 is 20.6 Å². The maximum atomic E-state index is 13.3. The molecular formula is C23H22FN5O2. The SMILES string of the molecule is Cc1cc[nH]c1C(=O)NC(Cc1ccc(F)cc1)C(=O)NCc1cnc2[nH]ccc2c1. The summed E-state index contributed by atoms with van der Waals surface area (Å²) in [5, 5.41) is 6.60. The second kappa shape index (κ2) is 8.83. The van der Waals surface area contributed by atoms with Gasteiger partial charge in [0.2, 0.25) is 5.91 Å². The maximum Gasteiger partial charge on any atom is 0.268 e. The van der Waals surface area contributed by atoms with Crippen molar-refractivity contribution in [3.05, 3.63) is 89.3 Å². The van der Waals surface area contributed by atoms with Crippen molar-refractivity contribution in [1.29, 1.82) is 0 Å². The first-order valence-corrected chi connectivity index (χ1v) is 9.88. The number of aryl methyl sites for hydroxylation is 1. The van der Waals surface area contributed by atoms with Gasteiger partial charge in [0, 0.05) is 36.9 Å². The molecule has 1 unspecified atom stereocenters. The van der Waals surface area contributed by atoms with Gasteiger partial charge in [-0.3, -0.25) is 9.59 Å². The molecule has 4 aromatic rings. The summed E-state index contributed by atoms with van der Waals surface area (Å²) in [6.07, 6.45) is 5.39. The van der Waals surface area contributed by atoms with Crippen molar-refractivity contribution < 1.29 is 14.0 Å². The van der Waals surface area contributed by atoms with Crippen molar-refractivity contribution in [2.45, 2.75) is 25.9 Å². The van der Waals surface area contributed by atoms with E-state index in [1.807, 2.05) is 19.1 Å². The second-order valence-electron chi connectivity index (χ2n) is 7.37. The zero-order chi connectivity index (χ0) is 21.8. The molecule has 1 aromatic carbocycles. The van der Waals surface area contributed by atoms with Gasteiger partial charge in [0.25, 0.3) is 5.91 Å². The topological polar surface area (TPSA) is 103 Å². The number of fused-ring (bicyclic) bond motifs is 1. The van der Waals surface area contributed by atoms with E-state index in [9.17, 15) is 14.0 Å². The largest absolute Gasteiger partial charge is 0.357 e. The number of aromatic amines is 2. The number of carbonyl (C=O) groups excluding carboxylic acids is 2. The van der Waals surface area contributed by atoms with Gasteiger partial charge in [-0.25, -0.2) is 9.37 Å². The van der Waals surface area contributed by atoms with Crippen LogP contribution in [0, 0.1) is 12.7 Å². The van der Waals surface area contributed by atoms with Gasteiger partial charge in [0.15, 0.2) is 0 Å². The number of hydrogen-bond donors (Lipinski definition) is 4. The molecule has 0 radical (unpaired) electrons. The van der Waals surface area contributed by atoms with E-state index in [2.05, 4.69) is 25.6 Å². The summed E-state index contributed by atoms with van der Waals surface area (Å²) < 4.78 is 13.3. The van der Waals surface area contributed by atoms with Crippen molar-refractivity contribution >= 4 is 22.8 Å². The maximum absolute atomic E-state index is 13.3. The van der Waals surface area contributed by atoms with Crippen LogP contribution in [0.5, 0.6) is 0 Å². The highest BCUT2D eigenvalue weighted by molar-refractivity contribution is 5.97. The number of rotatable bonds is 7. The van der Waals surface area contributed by atoms with E-state index < -0.39 is 6.04 Å². The quantitative estimate of drug-likeness (QED) is 0.370. The highest BCUT2D eigenvalue weighted by atomic mass is 19.1. The summed E-state index contributed by atoms with van der Waals surface area (Å²) in [5.74, 6) is -1.07. The number of halogens is 1. The highest BCUT2D eigenvalue weighted by Gasteiger charge is 2.23. The summed E-state index contributed by atoms with van der Waals surface area (Å²) in [6, 6.07) is 10.7. The van der Waals surface area contributed by atoms with Crippen molar-refractivity contribution in [2.24, 2.45) is 0 Å². The number of aromatic nitrogens is 3. The van der Waals surface area contributed by atoms with Gasteiger partial charge in [-0.2, -0.15) is 0 Å². The van der Waals surface area contributed by atoms with E-state index in [1.54, 1.807) is 36.8 Å². The van der Waals surface area contributed by atoms with Crippen LogP contribution in [0.15, 0.2) is 61.1 Å². The second-order valence-corrected chi connectivity index (χ2v) is 7.37. The van der Waals surface area contributed by atoms with E-state index in [0.29, 0.717) is 5.69 Å². The third-order valence-corrected chi connectivity index (χ3v) is 5.08. The number of carbonyl (C=O) groups is 2. The van der Waals surface area contributed by atoms with Crippen molar-refractivity contribution in [3.8, 4) is 0 Å². The molecule has 4 rings (SSSR count). The first kappa shape index (κ1) is 20.3. The summed E-state index contributed by atoms with van der Waals surface area (Å²) >= 11 is 0. The fourth-order valence-electron chi connectivity index (χ4n) is 3.38. The number of pyridine rings is 1. The van der Waals surface area contributed by atoms with Gasteiger partial charge in [-0.1, -0.05) is 12.1 Å². The van der Waals surface area contributed by atoms with Crippen molar-refractivity contribution in [2.75, 3.05) is 0 Å². The molecule has 3 aromatic heterocycles. The van der Waals surface area contributed by atoms with E-state index >= 15 is 0 Å². The lowest BCUT2D eigenvalue weighted by atomic mass is 10.0. The molecular weight excluding hydrogens is 397 g/mol. The molecule has 3 heterocycles. The Balaban J connectivity index is 1.48. The molecule has 0 spiro atoms. The summed E-state index contributed by atoms with van der Waals surface area (Å²) in [5.41, 5.74) is 3.54. The summed E-state index contributed by atoms with van der Waals surface area (Å²) in [4.78, 5) is 35.9. The van der Waals surface area contributed by atoms with E-state index in [1.165, 1.54) is 12.1 Å². The molecule has 8 heteroatoms. The lowest BCUT2D eigenvalue weighted by Gasteiger charge is -2.19. The Morgan fingerprint density at radius 3 is 2.58 bits per heavy atom. The molecule has 0 bridgehead atoms. The Morgan fingerprint density at radius 1 is 1.06 bits per heavy atom. The van der Waals surface area contributed by atoms with E-state index in [4.69, 9.17) is 0 Å². The average Bonchev–Trinajstić information content (AvgIpc) is 3.41. The third-order valence-electron chi connectivity index (χ3n) is 5.08. The molecule has 0 aliphatic carbocycles. The van der Waals surface area contributed by atoms with Crippen molar-refractivity contribution in [1.82, 2.24) is 25.6 Å². The highest BCUT2D eigenvalue weighted by Crippen LogP contribution is 2.12. The van der Waals surface area contributed by atoms with Gasteiger partial charge >= 0.3 is 0 Å². The Kier molecular flexibility index (Phi) is 5.79. The van der Waals surface area contributed by atoms with Gasteiger partial charge in [0.05, 0.1) is 0 Å². The number of nitrogens with zero attached hydrogens (tertiary/aromatic N) is 1. The van der Waals surface area contributed by atoms with E-state index in [-0.39, 0.29) is 30.6 Å². The zero-order valence-corrected chi connectivity index (χ0v) is 16.9. The monoisotopic (exact) mass is 419 g/mol. The molecule has 7 nitrogen and oxygen atoms in total. The minimum atomic E-state index is -0.829. The minimum Gasteiger partial charge on any atom is -0.357 e. The Labute approximate surface area is 178 Å². The molecule has 4 N–H and O–H groups in total. The first-order valence-electron chi connectivity index (χ1n) is 9.88. The molecule has 0 saturated heterocycles. The van der Waals surface area contributed by atoms with Crippen LogP contribution in [0.25, 0.3) is 11.0 Å². The number of hydrogen-bond acceptors (Lipinski definition) is 3. The molecule has 31 heavy (non-hydrogen) atoms. The van der Waals surface area contributed by atoms with Gasteiger partial charge in [-0.15, -0.1) is 0 Å². The molecule has 0 fully saturated rings. The molecule has 0 aliphatic heterocycles. The Hall–Kier alpha value is -3.94. The summed E-state index contributed by atoms with van der Waals surface area (Å²) in [7, 11) is 0. The van der Waals surface area contributed by atoms with Crippen LogP contribution < -0.4 is 10.6 Å². The fraction of sp³-hybridized carbons (Fsp3) is 0.174. The molecule has 0 saturated carbocycles. The van der Waals surface area contributed by atoms with Crippen LogP contribution in [0.4, 0.5) is 4.39 Å². The number of nitrogens with one attached hydrogen (secondary N) is 4. The first-order chi connectivity index (χ1) is 15.0. The number of H-pyrrole nitrogens is 2. The summed E-state index contributed by atoms with van der Waals surface area (Å²) in [6.45, 7) is 2.08. The van der Waals surface area contributed by atoms with Crippen LogP contribution in [0.3, 0.4) is 0 Å². The standard InChI is InChI=1S/C23H22FN5O2/c1-14-6-8-25-20(14)23(31)29-19(11-15-2-4-18(24)5-3-15)22(30)28-13-16-10-17-7-9-26-21(17)27-12-16/h2-10,12,19,25H,11,13H2,1H3,(H,26,27)(H,28,30)(H,29,31). The molecule has 2 amide bonds. The number of benzene rings is 1. The average molecular weight is 419 g/mol. The molecule has 1 atom stereocenters. The van der Waals surface area contributed by atoms with Crippen LogP contribution in [-0.4, -0.2) is 32.8 Å². The molecule has 0 aliphatic rings. The lowest BCUT2D eigenvalue weighted by Crippen LogP contribution is -2.48. The van der Waals surface area contributed by atoms with Crippen LogP contribution in [0.2, 0.25) is 0 Å². The third kappa shape index (κ3) is 4.80. The number of amides is 2. The predicted octanol–water partition coefficient (Wildman–Crippen LogP) is 3.00. The minimum absolute atomic E-state index is 0.229. The van der Waals surface area contributed by atoms with Crippen LogP contribution in [0.1, 0.15) is 27.2 Å². The lowest BCUT2D eigenvalue weighted by molar-refractivity contribution is -0.123. The Morgan fingerprint density at radius 2 is 1.84 bits per heavy atom. The smallest absolute Gasteiger partial charge is 0.268 e. The normalized spacial score (nSPS) is 11.9. The molecule has 158 valence electrons. The zero-order valence-electron chi connectivity index (χ0n) is 16.9. The van der Waals surface area contributed by atoms with Crippen LogP contribution >= 0.6 is 0 Å². The Bertz CT molecular complexity index is 1210. The van der Waals surface area contributed by atoms with Crippen LogP contribution in [-0.2, 0) is 17.8 Å².